The van der Waals surface area contributed by atoms with Crippen LogP contribution in [0.2, 0.25) is 5.28 Å². The number of benzene rings is 6. The van der Waals surface area contributed by atoms with Crippen LogP contribution in [0.1, 0.15) is 0 Å². The van der Waals surface area contributed by atoms with E-state index in [-0.39, 0.29) is 28.7 Å². The number of anilines is 6. The van der Waals surface area contributed by atoms with Gasteiger partial charge in [-0.15, -0.1) is 10.2 Å². The summed E-state index contributed by atoms with van der Waals surface area (Å²) in [5.41, 5.74) is 5.31. The van der Waals surface area contributed by atoms with E-state index >= 15 is 0 Å². The maximum absolute atomic E-state index is 10.6. The first-order valence-electron chi connectivity index (χ1n) is 16.4. The van der Waals surface area contributed by atoms with E-state index in [2.05, 4.69) is 46.0 Å². The SMILES string of the molecule is CN(C)c1ccc2ccc(O)c(N=Nc3ccc(Nc4nc(Cl)nc(Nc5ccc(N=Nc6c(O)ccc7ccc(N(C)C)cc67)cc5)n4)cc3)c2c1. The van der Waals surface area contributed by atoms with E-state index in [0.29, 0.717) is 34.1 Å². The molecular formula is C39H34ClN11O2. The Hall–Kier alpha value is -6.86. The van der Waals surface area contributed by atoms with Crippen molar-refractivity contribution in [2.24, 2.45) is 20.5 Å². The fraction of sp³-hybridized carbons (Fsp3) is 0.103. The Morgan fingerprint density at radius 1 is 0.509 bits per heavy atom. The smallest absolute Gasteiger partial charge is 0.233 e. The minimum atomic E-state index is 0.000444. The molecule has 6 aromatic carbocycles. The number of phenolic OH excluding ortho intramolecular Hbond substituents is 2. The highest BCUT2D eigenvalue weighted by molar-refractivity contribution is 6.28. The summed E-state index contributed by atoms with van der Waals surface area (Å²) in [4.78, 5) is 16.9. The molecule has 0 radical (unpaired) electrons. The van der Waals surface area contributed by atoms with Gasteiger partial charge in [-0.1, -0.05) is 24.3 Å². The number of nitrogens with zero attached hydrogens (tertiary/aromatic N) is 9. The average Bonchev–Trinajstić information content (AvgIpc) is 3.14. The molecule has 0 spiro atoms. The van der Waals surface area contributed by atoms with E-state index in [4.69, 9.17) is 11.6 Å². The van der Waals surface area contributed by atoms with Crippen molar-refractivity contribution in [3.8, 4) is 11.5 Å². The Morgan fingerprint density at radius 2 is 0.906 bits per heavy atom. The van der Waals surface area contributed by atoms with Crippen molar-refractivity contribution >= 4 is 90.5 Å². The third-order valence-corrected chi connectivity index (χ3v) is 8.50. The highest BCUT2D eigenvalue weighted by atomic mass is 35.5. The molecule has 0 atom stereocenters. The Morgan fingerprint density at radius 3 is 1.30 bits per heavy atom. The van der Waals surface area contributed by atoms with E-state index in [1.54, 1.807) is 60.7 Å². The van der Waals surface area contributed by atoms with Crippen molar-refractivity contribution in [1.29, 1.82) is 0 Å². The van der Waals surface area contributed by atoms with Gasteiger partial charge in [0.2, 0.25) is 17.2 Å². The predicted octanol–water partition coefficient (Wildman–Crippen LogP) is 10.7. The van der Waals surface area contributed by atoms with Gasteiger partial charge in [-0.25, -0.2) is 0 Å². The van der Waals surface area contributed by atoms with Gasteiger partial charge in [-0.2, -0.15) is 25.2 Å². The molecule has 0 bridgehead atoms. The minimum absolute atomic E-state index is 0.000444. The monoisotopic (exact) mass is 723 g/mol. The van der Waals surface area contributed by atoms with Crippen molar-refractivity contribution in [3.05, 3.63) is 114 Å². The standard InChI is InChI=1S/C39H34ClN11O2/c1-50(2)29-17-5-23-7-19-33(52)35(31(23)21-29)48-46-27-13-9-25(10-14-27)41-38-43-37(40)44-39(45-38)42-26-11-15-28(16-12-26)47-49-36-32-22-30(51(3)4)18-6-24(32)8-20-34(36)53/h5-22,52-53H,1-4H3,(H2,41,42,43,44,45). The molecule has 4 N–H and O–H groups in total. The molecular weight excluding hydrogens is 690 g/mol. The summed E-state index contributed by atoms with van der Waals surface area (Å²) in [5.74, 6) is 0.559. The summed E-state index contributed by atoms with van der Waals surface area (Å²) in [7, 11) is 7.83. The second-order valence-electron chi connectivity index (χ2n) is 12.5. The van der Waals surface area contributed by atoms with Gasteiger partial charge in [0.25, 0.3) is 0 Å². The molecule has 1 heterocycles. The lowest BCUT2D eigenvalue weighted by Crippen LogP contribution is -2.07. The Bertz CT molecular complexity index is 2330. The molecule has 264 valence electrons. The summed E-state index contributed by atoms with van der Waals surface area (Å²) >= 11 is 6.25. The normalized spacial score (nSPS) is 11.5. The molecule has 0 aliphatic rings. The van der Waals surface area contributed by atoms with Gasteiger partial charge < -0.3 is 30.6 Å². The Kier molecular flexibility index (Phi) is 9.64. The largest absolute Gasteiger partial charge is 0.506 e. The van der Waals surface area contributed by atoms with Crippen molar-refractivity contribution in [2.45, 2.75) is 0 Å². The lowest BCUT2D eigenvalue weighted by Gasteiger charge is -2.14. The van der Waals surface area contributed by atoms with Crippen LogP contribution in [0.3, 0.4) is 0 Å². The summed E-state index contributed by atoms with van der Waals surface area (Å²) < 4.78 is 0. The fourth-order valence-corrected chi connectivity index (χ4v) is 5.65. The maximum Gasteiger partial charge on any atom is 0.233 e. The molecule has 7 aromatic rings. The number of aromatic nitrogens is 3. The van der Waals surface area contributed by atoms with Crippen molar-refractivity contribution < 1.29 is 10.2 Å². The highest BCUT2D eigenvalue weighted by Crippen LogP contribution is 2.39. The summed E-state index contributed by atoms with van der Waals surface area (Å²) in [5, 5.41) is 48.4. The Labute approximate surface area is 310 Å². The van der Waals surface area contributed by atoms with Crippen LogP contribution in [0.5, 0.6) is 11.5 Å². The predicted molar refractivity (Wildman–Crippen MR) is 213 cm³/mol. The molecule has 0 unspecified atom stereocenters. The highest BCUT2D eigenvalue weighted by Gasteiger charge is 2.11. The molecule has 13 nitrogen and oxygen atoms in total. The van der Waals surface area contributed by atoms with E-state index < -0.39 is 0 Å². The van der Waals surface area contributed by atoms with E-state index in [1.165, 1.54) is 0 Å². The number of phenols is 2. The van der Waals surface area contributed by atoms with Gasteiger partial charge >= 0.3 is 0 Å². The second-order valence-corrected chi connectivity index (χ2v) is 12.8. The van der Waals surface area contributed by atoms with E-state index in [0.717, 1.165) is 32.9 Å². The van der Waals surface area contributed by atoms with Crippen molar-refractivity contribution in [3.63, 3.8) is 0 Å². The van der Waals surface area contributed by atoms with Crippen LogP contribution in [0.4, 0.5) is 57.4 Å². The molecule has 14 heteroatoms. The van der Waals surface area contributed by atoms with Crippen LogP contribution in [-0.2, 0) is 0 Å². The lowest BCUT2D eigenvalue weighted by molar-refractivity contribution is 0.476. The van der Waals surface area contributed by atoms with Gasteiger partial charge in [-0.3, -0.25) is 0 Å². The van der Waals surface area contributed by atoms with E-state index in [9.17, 15) is 10.2 Å². The van der Waals surface area contributed by atoms with Gasteiger partial charge in [0.15, 0.2) is 0 Å². The van der Waals surface area contributed by atoms with Crippen LogP contribution in [0, 0.1) is 0 Å². The van der Waals surface area contributed by atoms with Gasteiger partial charge in [0, 0.05) is 61.7 Å². The lowest BCUT2D eigenvalue weighted by atomic mass is 10.1. The third kappa shape index (κ3) is 7.90. The number of hydrogen-bond acceptors (Lipinski definition) is 13. The molecule has 1 aromatic heterocycles. The zero-order valence-electron chi connectivity index (χ0n) is 29.2. The number of hydrogen-bond donors (Lipinski definition) is 4. The molecule has 0 aliphatic heterocycles. The van der Waals surface area contributed by atoms with Crippen molar-refractivity contribution in [1.82, 2.24) is 15.0 Å². The summed E-state index contributed by atoms with van der Waals surface area (Å²) in [6, 6.07) is 33.2. The minimum Gasteiger partial charge on any atom is -0.506 e. The number of fused-ring (bicyclic) bond motifs is 2. The molecule has 0 aliphatic carbocycles. The molecule has 0 saturated heterocycles. The zero-order valence-corrected chi connectivity index (χ0v) is 29.9. The van der Waals surface area contributed by atoms with Crippen LogP contribution in [0.25, 0.3) is 21.5 Å². The summed E-state index contributed by atoms with van der Waals surface area (Å²) in [6.45, 7) is 0. The van der Waals surface area contributed by atoms with Crippen molar-refractivity contribution in [2.75, 3.05) is 48.6 Å². The molecule has 0 fully saturated rings. The second kappa shape index (κ2) is 14.8. The van der Waals surface area contributed by atoms with Crippen LogP contribution in [-0.4, -0.2) is 53.4 Å². The number of halogens is 1. The molecule has 0 saturated carbocycles. The molecule has 53 heavy (non-hydrogen) atoms. The first kappa shape index (κ1) is 34.6. The van der Waals surface area contributed by atoms with E-state index in [1.807, 2.05) is 86.5 Å². The van der Waals surface area contributed by atoms with Crippen LogP contribution >= 0.6 is 11.6 Å². The van der Waals surface area contributed by atoms with Crippen LogP contribution in [0.15, 0.2) is 130 Å². The van der Waals surface area contributed by atoms with Gasteiger partial charge in [-0.05, 0) is 107 Å². The van der Waals surface area contributed by atoms with Gasteiger partial charge in [0.05, 0.1) is 11.4 Å². The number of nitrogens with one attached hydrogen (secondary N) is 2. The number of azo groups is 2. The quantitative estimate of drug-likeness (QED) is 0.101. The molecule has 0 amide bonds. The average molecular weight is 724 g/mol. The van der Waals surface area contributed by atoms with Crippen LogP contribution < -0.4 is 20.4 Å². The summed E-state index contributed by atoms with van der Waals surface area (Å²) in [6.07, 6.45) is 0. The molecule has 7 rings (SSSR count). The zero-order chi connectivity index (χ0) is 37.1. The Balaban J connectivity index is 1.02. The first-order valence-corrected chi connectivity index (χ1v) is 16.8. The topological polar surface area (TPSA) is 159 Å². The fourth-order valence-electron chi connectivity index (χ4n) is 5.49. The number of rotatable bonds is 10. The third-order valence-electron chi connectivity index (χ3n) is 8.33. The van der Waals surface area contributed by atoms with Gasteiger partial charge in [0.1, 0.15) is 22.9 Å². The number of aromatic hydroxyl groups is 2. The first-order chi connectivity index (χ1) is 25.6. The maximum atomic E-state index is 10.6.